The number of halogens is 1. The molecule has 1 amide bonds. The molecule has 1 aromatic rings. The molecule has 1 aromatic carbocycles. The van der Waals surface area contributed by atoms with E-state index in [4.69, 9.17) is 16.3 Å². The van der Waals surface area contributed by atoms with Crippen molar-refractivity contribution in [1.29, 1.82) is 0 Å². The summed E-state index contributed by atoms with van der Waals surface area (Å²) in [5.41, 5.74) is 0. The van der Waals surface area contributed by atoms with Crippen LogP contribution in [0.3, 0.4) is 0 Å². The lowest BCUT2D eigenvalue weighted by Crippen LogP contribution is -2.46. The molecule has 5 heteroatoms. The van der Waals surface area contributed by atoms with Crippen LogP contribution in [0.15, 0.2) is 24.3 Å². The minimum absolute atomic E-state index is 0.0862. The summed E-state index contributed by atoms with van der Waals surface area (Å²) in [6, 6.07) is 6.55. The zero-order valence-corrected chi connectivity index (χ0v) is 12.1. The van der Waals surface area contributed by atoms with Crippen LogP contribution in [-0.2, 0) is 4.79 Å². The summed E-state index contributed by atoms with van der Waals surface area (Å²) in [7, 11) is 0. The van der Waals surface area contributed by atoms with Gasteiger partial charge in [-0.15, -0.1) is 0 Å². The predicted octanol–water partition coefficient (Wildman–Crippen LogP) is 2.24. The van der Waals surface area contributed by atoms with Crippen molar-refractivity contribution in [2.75, 3.05) is 6.61 Å². The third-order valence-corrected chi connectivity index (χ3v) is 3.08. The van der Waals surface area contributed by atoms with Crippen LogP contribution in [-0.4, -0.2) is 29.8 Å². The number of amides is 1. The van der Waals surface area contributed by atoms with Gasteiger partial charge in [0.1, 0.15) is 5.75 Å². The molecule has 0 radical (unpaired) electrons. The highest BCUT2D eigenvalue weighted by Crippen LogP contribution is 2.16. The first kappa shape index (κ1) is 15.8. The summed E-state index contributed by atoms with van der Waals surface area (Å²) < 4.78 is 5.50. The summed E-state index contributed by atoms with van der Waals surface area (Å²) in [6.45, 7) is 5.45. The van der Waals surface area contributed by atoms with Crippen molar-refractivity contribution in [1.82, 2.24) is 5.32 Å². The summed E-state index contributed by atoms with van der Waals surface area (Å²) in [5, 5.41) is 12.6. The molecule has 106 valence electrons. The molecule has 1 rings (SSSR count). The lowest BCUT2D eigenvalue weighted by molar-refractivity contribution is -0.128. The van der Waals surface area contributed by atoms with Gasteiger partial charge >= 0.3 is 0 Å². The number of aliphatic hydroxyl groups excluding tert-OH is 1. The minimum Gasteiger partial charge on any atom is -0.481 e. The van der Waals surface area contributed by atoms with Crippen molar-refractivity contribution in [2.24, 2.45) is 5.92 Å². The van der Waals surface area contributed by atoms with Crippen LogP contribution >= 0.6 is 11.6 Å². The van der Waals surface area contributed by atoms with Gasteiger partial charge in [-0.25, -0.2) is 0 Å². The number of carbonyl (C=O) groups is 1. The van der Waals surface area contributed by atoms with Crippen molar-refractivity contribution >= 4 is 17.5 Å². The normalized spacial score (nSPS) is 14.0. The fraction of sp³-hybridized carbons (Fsp3) is 0.500. The SMILES string of the molecule is CC(Oc1ccc(Cl)cc1)C(=O)NC(CO)C(C)C. The Hall–Kier alpha value is -1.26. The number of hydrogen-bond donors (Lipinski definition) is 2. The largest absolute Gasteiger partial charge is 0.481 e. The summed E-state index contributed by atoms with van der Waals surface area (Å²) >= 11 is 5.77. The monoisotopic (exact) mass is 285 g/mol. The molecule has 0 spiro atoms. The zero-order valence-electron chi connectivity index (χ0n) is 11.4. The Morgan fingerprint density at radius 2 is 1.89 bits per heavy atom. The lowest BCUT2D eigenvalue weighted by atomic mass is 10.1. The van der Waals surface area contributed by atoms with Gasteiger partial charge in [-0.1, -0.05) is 25.4 Å². The maximum absolute atomic E-state index is 11.9. The highest BCUT2D eigenvalue weighted by Gasteiger charge is 2.20. The first-order chi connectivity index (χ1) is 8.93. The fourth-order valence-corrected chi connectivity index (χ4v) is 1.62. The molecule has 19 heavy (non-hydrogen) atoms. The van der Waals surface area contributed by atoms with Gasteiger partial charge in [-0.2, -0.15) is 0 Å². The zero-order chi connectivity index (χ0) is 14.4. The van der Waals surface area contributed by atoms with E-state index in [9.17, 15) is 9.90 Å². The van der Waals surface area contributed by atoms with Crippen LogP contribution < -0.4 is 10.1 Å². The average Bonchev–Trinajstić information content (AvgIpc) is 2.37. The Morgan fingerprint density at radius 1 is 1.32 bits per heavy atom. The third kappa shape index (κ3) is 5.09. The van der Waals surface area contributed by atoms with E-state index in [0.29, 0.717) is 10.8 Å². The van der Waals surface area contributed by atoms with E-state index in [1.54, 1.807) is 31.2 Å². The maximum Gasteiger partial charge on any atom is 0.261 e. The van der Waals surface area contributed by atoms with Gasteiger partial charge < -0.3 is 15.2 Å². The molecule has 0 bridgehead atoms. The fourth-order valence-electron chi connectivity index (χ4n) is 1.49. The van der Waals surface area contributed by atoms with E-state index >= 15 is 0 Å². The number of benzene rings is 1. The molecule has 2 atom stereocenters. The van der Waals surface area contributed by atoms with Crippen LogP contribution in [0, 0.1) is 5.92 Å². The molecule has 0 aliphatic heterocycles. The third-order valence-electron chi connectivity index (χ3n) is 2.82. The highest BCUT2D eigenvalue weighted by molar-refractivity contribution is 6.30. The Balaban J connectivity index is 2.55. The van der Waals surface area contributed by atoms with E-state index in [1.807, 2.05) is 13.8 Å². The van der Waals surface area contributed by atoms with Crippen LogP contribution in [0.4, 0.5) is 0 Å². The minimum atomic E-state index is -0.631. The second kappa shape index (κ2) is 7.36. The summed E-state index contributed by atoms with van der Waals surface area (Å²) in [4.78, 5) is 11.9. The number of hydrogen-bond acceptors (Lipinski definition) is 3. The Bertz CT molecular complexity index is 406. The molecule has 0 saturated heterocycles. The Labute approximate surface area is 118 Å². The molecule has 0 heterocycles. The standard InChI is InChI=1S/C14H20ClNO3/c1-9(2)13(8-17)16-14(18)10(3)19-12-6-4-11(15)5-7-12/h4-7,9-10,13,17H,8H2,1-3H3,(H,16,18). The second-order valence-electron chi connectivity index (χ2n) is 4.76. The quantitative estimate of drug-likeness (QED) is 0.843. The van der Waals surface area contributed by atoms with Gasteiger partial charge in [0.25, 0.3) is 5.91 Å². The first-order valence-corrected chi connectivity index (χ1v) is 6.65. The Morgan fingerprint density at radius 3 is 2.37 bits per heavy atom. The smallest absolute Gasteiger partial charge is 0.261 e. The molecular formula is C14H20ClNO3. The molecule has 0 aliphatic carbocycles. The molecule has 0 saturated carbocycles. The van der Waals surface area contributed by atoms with Gasteiger partial charge in [-0.05, 0) is 37.1 Å². The number of rotatable bonds is 6. The van der Waals surface area contributed by atoms with E-state index in [1.165, 1.54) is 0 Å². The van der Waals surface area contributed by atoms with Crippen molar-refractivity contribution in [3.05, 3.63) is 29.3 Å². The van der Waals surface area contributed by atoms with E-state index in [-0.39, 0.29) is 24.5 Å². The number of aliphatic hydroxyl groups is 1. The van der Waals surface area contributed by atoms with Gasteiger partial charge in [0.15, 0.2) is 6.10 Å². The summed E-state index contributed by atoms with van der Waals surface area (Å²) in [6.07, 6.45) is -0.631. The van der Waals surface area contributed by atoms with Crippen molar-refractivity contribution in [3.8, 4) is 5.75 Å². The molecule has 2 N–H and O–H groups in total. The molecule has 0 aliphatic rings. The lowest BCUT2D eigenvalue weighted by Gasteiger charge is -2.22. The van der Waals surface area contributed by atoms with Crippen LogP contribution in [0.1, 0.15) is 20.8 Å². The van der Waals surface area contributed by atoms with Gasteiger partial charge in [0.05, 0.1) is 12.6 Å². The van der Waals surface area contributed by atoms with Gasteiger partial charge in [-0.3, -0.25) is 4.79 Å². The number of nitrogens with one attached hydrogen (secondary N) is 1. The summed E-state index contributed by atoms with van der Waals surface area (Å²) in [5.74, 6) is 0.497. The van der Waals surface area contributed by atoms with Gasteiger partial charge in [0.2, 0.25) is 0 Å². The van der Waals surface area contributed by atoms with Crippen LogP contribution in [0.5, 0.6) is 5.75 Å². The second-order valence-corrected chi connectivity index (χ2v) is 5.19. The average molecular weight is 286 g/mol. The molecule has 4 nitrogen and oxygen atoms in total. The number of carbonyl (C=O) groups excluding carboxylic acids is 1. The predicted molar refractivity (Wildman–Crippen MR) is 75.4 cm³/mol. The Kier molecular flexibility index (Phi) is 6.12. The van der Waals surface area contributed by atoms with E-state index in [0.717, 1.165) is 0 Å². The van der Waals surface area contributed by atoms with Crippen LogP contribution in [0.25, 0.3) is 0 Å². The molecule has 0 aromatic heterocycles. The van der Waals surface area contributed by atoms with E-state index in [2.05, 4.69) is 5.32 Å². The molecule has 0 fully saturated rings. The number of ether oxygens (including phenoxy) is 1. The van der Waals surface area contributed by atoms with Crippen molar-refractivity contribution < 1.29 is 14.6 Å². The molecular weight excluding hydrogens is 266 g/mol. The van der Waals surface area contributed by atoms with Crippen molar-refractivity contribution in [3.63, 3.8) is 0 Å². The van der Waals surface area contributed by atoms with E-state index < -0.39 is 6.10 Å². The first-order valence-electron chi connectivity index (χ1n) is 6.27. The van der Waals surface area contributed by atoms with Crippen molar-refractivity contribution in [2.45, 2.75) is 32.9 Å². The maximum atomic E-state index is 11.9. The van der Waals surface area contributed by atoms with Gasteiger partial charge in [0, 0.05) is 5.02 Å². The van der Waals surface area contributed by atoms with Crippen LogP contribution in [0.2, 0.25) is 5.02 Å². The highest BCUT2D eigenvalue weighted by atomic mass is 35.5. The topological polar surface area (TPSA) is 58.6 Å². The molecule has 2 unspecified atom stereocenters.